The van der Waals surface area contributed by atoms with Crippen LogP contribution in [0.3, 0.4) is 0 Å². The third-order valence-corrected chi connectivity index (χ3v) is 12.0. The first kappa shape index (κ1) is 63.2. The minimum atomic E-state index is -4.36. The van der Waals surface area contributed by atoms with Crippen LogP contribution >= 0.6 is 7.82 Å². The van der Waals surface area contributed by atoms with Gasteiger partial charge in [0, 0.05) is 6.42 Å². The van der Waals surface area contributed by atoms with Crippen molar-refractivity contribution in [1.29, 1.82) is 0 Å². The SMILES string of the molecule is CC/C=C\C/C=C\C/C=C\C/C=C\C/C=C\C/C=C\C/C=C\C/C=C\CCCCCCC(=O)NC(COP(=O)(O)OCC[N+](C)(C)C)C(O)/C=C/CCCCCCCCCCCCCCC. The predicted octanol–water partition coefficient (Wildman–Crippen LogP) is 15.6. The third-order valence-electron chi connectivity index (χ3n) is 11.0. The molecule has 9 heteroatoms. The van der Waals surface area contributed by atoms with E-state index in [1.807, 2.05) is 27.2 Å². The number of phosphoric ester groups is 1. The second kappa shape index (κ2) is 47.2. The molecule has 378 valence electrons. The van der Waals surface area contributed by atoms with Gasteiger partial charge in [-0.25, -0.2) is 4.57 Å². The number of aliphatic hydroxyl groups is 1. The summed E-state index contributed by atoms with van der Waals surface area (Å²) >= 11 is 0. The normalized spacial score (nSPS) is 15.0. The molecule has 8 nitrogen and oxygen atoms in total. The molecule has 0 rings (SSSR count). The van der Waals surface area contributed by atoms with Crippen molar-refractivity contribution in [3.05, 3.63) is 109 Å². The molecule has 0 saturated heterocycles. The number of hydrogen-bond donors (Lipinski definition) is 3. The Hall–Kier alpha value is -2.84. The summed E-state index contributed by atoms with van der Waals surface area (Å²) in [5.74, 6) is -0.207. The van der Waals surface area contributed by atoms with E-state index < -0.39 is 20.0 Å². The number of phosphoric acid groups is 1. The van der Waals surface area contributed by atoms with Crippen LogP contribution in [0.1, 0.15) is 194 Å². The maximum atomic E-state index is 12.9. The molecular weight excluding hydrogens is 840 g/mol. The molecule has 0 aromatic rings. The quantitative estimate of drug-likeness (QED) is 0.0243. The van der Waals surface area contributed by atoms with Crippen LogP contribution in [-0.2, 0) is 18.4 Å². The lowest BCUT2D eigenvalue weighted by molar-refractivity contribution is -0.870. The highest BCUT2D eigenvalue weighted by molar-refractivity contribution is 7.47. The Kier molecular flexibility index (Phi) is 45.2. The summed E-state index contributed by atoms with van der Waals surface area (Å²) in [7, 11) is 1.54. The van der Waals surface area contributed by atoms with Gasteiger partial charge < -0.3 is 19.8 Å². The van der Waals surface area contributed by atoms with Crippen molar-refractivity contribution in [2.24, 2.45) is 0 Å². The van der Waals surface area contributed by atoms with Gasteiger partial charge in [0.05, 0.1) is 39.9 Å². The number of carbonyl (C=O) groups excluding carboxylic acids is 1. The maximum Gasteiger partial charge on any atom is 0.472 e. The Balaban J connectivity index is 4.35. The Labute approximate surface area is 406 Å². The second-order valence-corrected chi connectivity index (χ2v) is 20.0. The molecule has 0 aliphatic heterocycles. The number of rotatable bonds is 46. The molecular formula is C57H100N2O6P+. The van der Waals surface area contributed by atoms with Crippen LogP contribution in [-0.4, -0.2) is 73.4 Å². The third kappa shape index (κ3) is 49.1. The van der Waals surface area contributed by atoms with E-state index in [1.165, 1.54) is 70.6 Å². The zero-order valence-corrected chi connectivity index (χ0v) is 43.8. The topological polar surface area (TPSA) is 105 Å². The molecule has 0 aromatic carbocycles. The monoisotopic (exact) mass is 940 g/mol. The molecule has 0 aromatic heterocycles. The van der Waals surface area contributed by atoms with Crippen molar-refractivity contribution in [1.82, 2.24) is 5.32 Å². The van der Waals surface area contributed by atoms with E-state index in [9.17, 15) is 19.4 Å². The number of likely N-dealkylation sites (N-methyl/N-ethyl adjacent to an activating group) is 1. The first-order chi connectivity index (χ1) is 32.0. The first-order valence-corrected chi connectivity index (χ1v) is 27.8. The molecule has 0 heterocycles. The van der Waals surface area contributed by atoms with Gasteiger partial charge in [0.1, 0.15) is 13.2 Å². The van der Waals surface area contributed by atoms with E-state index in [4.69, 9.17) is 9.05 Å². The fourth-order valence-corrected chi connectivity index (χ4v) is 7.61. The molecule has 3 unspecified atom stereocenters. The summed E-state index contributed by atoms with van der Waals surface area (Å²) in [6, 6.07) is -0.868. The van der Waals surface area contributed by atoms with Gasteiger partial charge in [0.2, 0.25) is 5.91 Å². The van der Waals surface area contributed by atoms with Crippen LogP contribution in [0.2, 0.25) is 0 Å². The first-order valence-electron chi connectivity index (χ1n) is 26.3. The van der Waals surface area contributed by atoms with Gasteiger partial charge in [0.25, 0.3) is 0 Å². The molecule has 0 bridgehead atoms. The second-order valence-electron chi connectivity index (χ2n) is 18.5. The number of allylic oxidation sites excluding steroid dienone is 17. The average Bonchev–Trinajstić information content (AvgIpc) is 3.28. The maximum absolute atomic E-state index is 12.9. The fourth-order valence-electron chi connectivity index (χ4n) is 6.88. The summed E-state index contributed by atoms with van der Waals surface area (Å²) in [6.45, 7) is 4.66. The highest BCUT2D eigenvalue weighted by Gasteiger charge is 2.27. The summed E-state index contributed by atoms with van der Waals surface area (Å²) in [5, 5.41) is 13.9. The van der Waals surface area contributed by atoms with E-state index in [2.05, 4.69) is 116 Å². The number of hydrogen-bond acceptors (Lipinski definition) is 5. The van der Waals surface area contributed by atoms with Crippen LogP contribution in [0.25, 0.3) is 0 Å². The number of amides is 1. The molecule has 3 N–H and O–H groups in total. The Morgan fingerprint density at radius 2 is 0.909 bits per heavy atom. The van der Waals surface area contributed by atoms with Gasteiger partial charge in [0.15, 0.2) is 0 Å². The van der Waals surface area contributed by atoms with Crippen LogP contribution in [0.15, 0.2) is 109 Å². The summed E-state index contributed by atoms with van der Waals surface area (Å²) in [4.78, 5) is 23.2. The van der Waals surface area contributed by atoms with Crippen molar-refractivity contribution in [3.8, 4) is 0 Å². The van der Waals surface area contributed by atoms with E-state index >= 15 is 0 Å². The Morgan fingerprint density at radius 3 is 1.33 bits per heavy atom. The van der Waals surface area contributed by atoms with Crippen LogP contribution in [0, 0.1) is 0 Å². The number of nitrogens with zero attached hydrogens (tertiary/aromatic N) is 1. The smallest absolute Gasteiger partial charge is 0.387 e. The summed E-state index contributed by atoms with van der Waals surface area (Å²) in [5.41, 5.74) is 0. The standard InChI is InChI=1S/C57H99N2O6P/c1-6-8-10-12-14-16-18-20-22-23-24-25-26-27-28-29-30-31-32-33-34-35-37-39-41-43-45-47-49-51-57(61)58-55(54-65-66(62,63)64-53-52-59(3,4)5)56(60)50-48-46-44-42-40-38-36-21-19-17-15-13-11-9-7-2/h8,10,14,16,20,22,24-25,27-28,30-31,33-34,37,39,48,50,55-56,60H,6-7,9,11-13,15,17-19,21,23,26,29,32,35-36,38,40-47,49,51-54H2,1-5H3,(H-,58,61,62,63)/p+1/b10-8-,16-14-,22-20-,25-24-,28-27-,31-30-,34-33-,39-37-,50-48+. The highest BCUT2D eigenvalue weighted by atomic mass is 31.2. The number of aliphatic hydroxyl groups excluding tert-OH is 1. The molecule has 3 atom stereocenters. The van der Waals surface area contributed by atoms with E-state index in [0.29, 0.717) is 17.4 Å². The fraction of sp³-hybridized carbons (Fsp3) is 0.667. The summed E-state index contributed by atoms with van der Waals surface area (Å²) in [6.07, 6.45) is 68.8. The minimum Gasteiger partial charge on any atom is -0.387 e. The molecule has 1 amide bonds. The minimum absolute atomic E-state index is 0.0501. The summed E-state index contributed by atoms with van der Waals surface area (Å²) < 4.78 is 23.6. The molecule has 0 aliphatic carbocycles. The van der Waals surface area contributed by atoms with Crippen LogP contribution in [0.4, 0.5) is 0 Å². The van der Waals surface area contributed by atoms with Crippen LogP contribution < -0.4 is 5.32 Å². The van der Waals surface area contributed by atoms with Gasteiger partial charge >= 0.3 is 7.82 Å². The van der Waals surface area contributed by atoms with Crippen molar-refractivity contribution < 1.29 is 32.9 Å². The van der Waals surface area contributed by atoms with Gasteiger partial charge in [-0.05, 0) is 83.5 Å². The predicted molar refractivity (Wildman–Crippen MR) is 285 cm³/mol. The van der Waals surface area contributed by atoms with E-state index in [1.54, 1.807) is 6.08 Å². The van der Waals surface area contributed by atoms with Crippen molar-refractivity contribution in [3.63, 3.8) is 0 Å². The molecule has 0 aliphatic rings. The number of quaternary nitrogens is 1. The molecule has 66 heavy (non-hydrogen) atoms. The van der Waals surface area contributed by atoms with Crippen LogP contribution in [0.5, 0.6) is 0 Å². The average molecular weight is 940 g/mol. The Bertz CT molecular complexity index is 1440. The highest BCUT2D eigenvalue weighted by Crippen LogP contribution is 2.43. The van der Waals surface area contributed by atoms with Gasteiger partial charge in [-0.15, -0.1) is 0 Å². The Morgan fingerprint density at radius 1 is 0.530 bits per heavy atom. The van der Waals surface area contributed by atoms with Gasteiger partial charge in [-0.2, -0.15) is 0 Å². The zero-order chi connectivity index (χ0) is 48.5. The largest absolute Gasteiger partial charge is 0.472 e. The molecule has 0 spiro atoms. The van der Waals surface area contributed by atoms with Crippen molar-refractivity contribution in [2.45, 2.75) is 206 Å². The zero-order valence-electron chi connectivity index (χ0n) is 42.9. The lowest BCUT2D eigenvalue weighted by Gasteiger charge is -2.25. The van der Waals surface area contributed by atoms with Gasteiger partial charge in [-0.3, -0.25) is 13.8 Å². The van der Waals surface area contributed by atoms with Gasteiger partial charge in [-0.1, -0.05) is 213 Å². The lowest BCUT2D eigenvalue weighted by Crippen LogP contribution is -2.45. The number of nitrogens with one attached hydrogen (secondary N) is 1. The van der Waals surface area contributed by atoms with E-state index in [-0.39, 0.29) is 19.1 Å². The molecule has 0 fully saturated rings. The van der Waals surface area contributed by atoms with Crippen molar-refractivity contribution in [2.75, 3.05) is 40.9 Å². The van der Waals surface area contributed by atoms with E-state index in [0.717, 1.165) is 103 Å². The van der Waals surface area contributed by atoms with Crippen molar-refractivity contribution >= 4 is 13.7 Å². The number of unbranched alkanes of at least 4 members (excludes halogenated alkanes) is 17. The lowest BCUT2D eigenvalue weighted by atomic mass is 10.0. The number of carbonyl (C=O) groups is 1. The molecule has 0 radical (unpaired) electrons. The molecule has 0 saturated carbocycles.